The van der Waals surface area contributed by atoms with Gasteiger partial charge in [-0.05, 0) is 24.0 Å². The third kappa shape index (κ3) is 2.83. The Labute approximate surface area is 98.0 Å². The number of unbranched alkanes of at least 4 members (excludes halogenated alkanes) is 1. The molecule has 1 atom stereocenters. The predicted molar refractivity (Wildman–Crippen MR) is 65.4 cm³/mol. The fraction of sp³-hybridized carbons (Fsp3) is 0.571. The van der Waals surface area contributed by atoms with Gasteiger partial charge in [0.2, 0.25) is 0 Å². The van der Waals surface area contributed by atoms with E-state index >= 15 is 0 Å². The second-order valence-electron chi connectivity index (χ2n) is 4.47. The van der Waals surface area contributed by atoms with Crippen LogP contribution in [0.1, 0.15) is 37.0 Å². The molecule has 0 aliphatic carbocycles. The summed E-state index contributed by atoms with van der Waals surface area (Å²) in [5.74, 6) is 0. The highest BCUT2D eigenvalue weighted by atomic mass is 16.5. The summed E-state index contributed by atoms with van der Waals surface area (Å²) in [6.07, 6.45) is 3.95. The molecular weight excluding hydrogens is 198 g/mol. The maximum absolute atomic E-state index is 5.85. The van der Waals surface area contributed by atoms with E-state index in [9.17, 15) is 0 Å². The second-order valence-corrected chi connectivity index (χ2v) is 4.47. The van der Waals surface area contributed by atoms with Crippen molar-refractivity contribution in [2.45, 2.75) is 32.3 Å². The minimum Gasteiger partial charge on any atom is -0.367 e. The van der Waals surface area contributed by atoms with Crippen LogP contribution in [0.5, 0.6) is 0 Å². The van der Waals surface area contributed by atoms with Gasteiger partial charge < -0.3 is 10.1 Å². The molecule has 0 fully saturated rings. The standard InChI is InChI=1S/C14H21NO/c1-2-3-9-15-11-14-13-7-5-4-6-12(13)8-10-16-14/h4-7,14-15H,2-3,8-11H2,1H3/p+1/t14-/m0/s1. The van der Waals surface area contributed by atoms with E-state index in [2.05, 4.69) is 36.5 Å². The van der Waals surface area contributed by atoms with Crippen molar-refractivity contribution in [3.8, 4) is 0 Å². The topological polar surface area (TPSA) is 25.8 Å². The molecule has 16 heavy (non-hydrogen) atoms. The number of ether oxygens (including phenoxy) is 1. The first-order chi connectivity index (χ1) is 7.92. The first-order valence-electron chi connectivity index (χ1n) is 6.43. The van der Waals surface area contributed by atoms with E-state index in [1.807, 2.05) is 0 Å². The number of quaternary nitrogens is 1. The second kappa shape index (κ2) is 6.02. The lowest BCUT2D eigenvalue weighted by atomic mass is 9.97. The van der Waals surface area contributed by atoms with Crippen molar-refractivity contribution in [2.75, 3.05) is 19.7 Å². The van der Waals surface area contributed by atoms with Crippen LogP contribution in [0.15, 0.2) is 24.3 Å². The maximum Gasteiger partial charge on any atom is 0.131 e. The lowest BCUT2D eigenvalue weighted by molar-refractivity contribution is -0.662. The summed E-state index contributed by atoms with van der Waals surface area (Å²) < 4.78 is 5.85. The van der Waals surface area contributed by atoms with Gasteiger partial charge in [-0.15, -0.1) is 0 Å². The molecule has 88 valence electrons. The SMILES string of the molecule is CCCC[NH2+]C[C@@H]1OCCc2ccccc21. The summed E-state index contributed by atoms with van der Waals surface area (Å²) in [4.78, 5) is 0. The Morgan fingerprint density at radius 1 is 1.38 bits per heavy atom. The van der Waals surface area contributed by atoms with Crippen LogP contribution in [-0.4, -0.2) is 19.7 Å². The monoisotopic (exact) mass is 220 g/mol. The summed E-state index contributed by atoms with van der Waals surface area (Å²) in [5.41, 5.74) is 2.88. The zero-order valence-corrected chi connectivity index (χ0v) is 10.1. The van der Waals surface area contributed by atoms with Gasteiger partial charge in [0.15, 0.2) is 0 Å². The van der Waals surface area contributed by atoms with Crippen LogP contribution < -0.4 is 5.32 Å². The Balaban J connectivity index is 1.91. The molecule has 0 saturated carbocycles. The lowest BCUT2D eigenvalue weighted by Crippen LogP contribution is -2.85. The van der Waals surface area contributed by atoms with Crippen LogP contribution in [0.3, 0.4) is 0 Å². The Hall–Kier alpha value is -0.860. The molecule has 2 N–H and O–H groups in total. The largest absolute Gasteiger partial charge is 0.367 e. The zero-order valence-electron chi connectivity index (χ0n) is 10.1. The van der Waals surface area contributed by atoms with Gasteiger partial charge in [0, 0.05) is 0 Å². The number of benzene rings is 1. The van der Waals surface area contributed by atoms with Gasteiger partial charge >= 0.3 is 0 Å². The van der Waals surface area contributed by atoms with E-state index in [0.717, 1.165) is 19.6 Å². The van der Waals surface area contributed by atoms with Crippen LogP contribution >= 0.6 is 0 Å². The number of fused-ring (bicyclic) bond motifs is 1. The van der Waals surface area contributed by atoms with Crippen LogP contribution in [0, 0.1) is 0 Å². The van der Waals surface area contributed by atoms with E-state index in [0.29, 0.717) is 6.10 Å². The van der Waals surface area contributed by atoms with Gasteiger partial charge in [0.25, 0.3) is 0 Å². The van der Waals surface area contributed by atoms with Crippen molar-refractivity contribution in [3.05, 3.63) is 35.4 Å². The van der Waals surface area contributed by atoms with Crippen LogP contribution in [0.4, 0.5) is 0 Å². The van der Waals surface area contributed by atoms with Gasteiger partial charge in [-0.3, -0.25) is 0 Å². The van der Waals surface area contributed by atoms with Gasteiger partial charge in [-0.1, -0.05) is 37.6 Å². The summed E-state index contributed by atoms with van der Waals surface area (Å²) in [7, 11) is 0. The average Bonchev–Trinajstić information content (AvgIpc) is 2.35. The van der Waals surface area contributed by atoms with Crippen molar-refractivity contribution in [2.24, 2.45) is 0 Å². The molecule has 1 aliphatic heterocycles. The van der Waals surface area contributed by atoms with Crippen molar-refractivity contribution in [1.82, 2.24) is 0 Å². The summed E-state index contributed by atoms with van der Waals surface area (Å²) in [6, 6.07) is 8.69. The van der Waals surface area contributed by atoms with E-state index in [1.54, 1.807) is 0 Å². The minimum atomic E-state index is 0.307. The first-order valence-corrected chi connectivity index (χ1v) is 6.43. The van der Waals surface area contributed by atoms with Crippen molar-refractivity contribution in [1.29, 1.82) is 0 Å². The highest BCUT2D eigenvalue weighted by Gasteiger charge is 2.21. The van der Waals surface area contributed by atoms with Crippen molar-refractivity contribution < 1.29 is 10.1 Å². The molecule has 1 aliphatic rings. The molecule has 2 nitrogen and oxygen atoms in total. The molecule has 0 spiro atoms. The molecule has 0 aromatic heterocycles. The van der Waals surface area contributed by atoms with Crippen molar-refractivity contribution >= 4 is 0 Å². The highest BCUT2D eigenvalue weighted by molar-refractivity contribution is 5.30. The molecular formula is C14H22NO+. The van der Waals surface area contributed by atoms with Crippen molar-refractivity contribution in [3.63, 3.8) is 0 Å². The first kappa shape index (κ1) is 11.6. The Morgan fingerprint density at radius 2 is 2.25 bits per heavy atom. The Morgan fingerprint density at radius 3 is 3.12 bits per heavy atom. The Kier molecular flexibility index (Phi) is 4.37. The lowest BCUT2D eigenvalue weighted by Gasteiger charge is -2.24. The minimum absolute atomic E-state index is 0.307. The van der Waals surface area contributed by atoms with Crippen LogP contribution in [-0.2, 0) is 11.2 Å². The summed E-state index contributed by atoms with van der Waals surface area (Å²) in [6.45, 7) is 5.40. The third-order valence-electron chi connectivity index (χ3n) is 3.23. The molecule has 0 unspecified atom stereocenters. The molecule has 1 aromatic carbocycles. The van der Waals surface area contributed by atoms with Gasteiger partial charge in [0.1, 0.15) is 12.6 Å². The molecule has 0 saturated heterocycles. The van der Waals surface area contributed by atoms with Gasteiger partial charge in [-0.25, -0.2) is 0 Å². The normalized spacial score (nSPS) is 19.4. The van der Waals surface area contributed by atoms with E-state index in [-0.39, 0.29) is 0 Å². The number of nitrogens with two attached hydrogens (primary N) is 1. The summed E-state index contributed by atoms with van der Waals surface area (Å²) >= 11 is 0. The quantitative estimate of drug-likeness (QED) is 0.750. The average molecular weight is 220 g/mol. The van der Waals surface area contributed by atoms with Crippen LogP contribution in [0.25, 0.3) is 0 Å². The molecule has 1 heterocycles. The van der Waals surface area contributed by atoms with Gasteiger partial charge in [0.05, 0.1) is 13.2 Å². The number of rotatable bonds is 5. The molecule has 1 aromatic rings. The van der Waals surface area contributed by atoms with Crippen LogP contribution in [0.2, 0.25) is 0 Å². The molecule has 2 rings (SSSR count). The number of hydrogen-bond acceptors (Lipinski definition) is 1. The van der Waals surface area contributed by atoms with Gasteiger partial charge in [-0.2, -0.15) is 0 Å². The molecule has 0 bridgehead atoms. The third-order valence-corrected chi connectivity index (χ3v) is 3.23. The zero-order chi connectivity index (χ0) is 11.2. The molecule has 2 heteroatoms. The van der Waals surface area contributed by atoms with E-state index in [4.69, 9.17) is 4.74 Å². The maximum atomic E-state index is 5.85. The summed E-state index contributed by atoms with van der Waals surface area (Å²) in [5, 5.41) is 2.39. The predicted octanol–water partition coefficient (Wildman–Crippen LogP) is 1.66. The molecule has 0 radical (unpaired) electrons. The number of hydrogen-bond donors (Lipinski definition) is 1. The van der Waals surface area contributed by atoms with E-state index in [1.165, 1.54) is 30.5 Å². The fourth-order valence-corrected chi connectivity index (χ4v) is 2.29. The smallest absolute Gasteiger partial charge is 0.131 e. The van der Waals surface area contributed by atoms with E-state index < -0.39 is 0 Å². The Bertz CT molecular complexity index is 324. The molecule has 0 amide bonds. The fourth-order valence-electron chi connectivity index (χ4n) is 2.29. The highest BCUT2D eigenvalue weighted by Crippen LogP contribution is 2.25.